The fourth-order valence-corrected chi connectivity index (χ4v) is 1.30. The van der Waals surface area contributed by atoms with Crippen molar-refractivity contribution in [2.45, 2.75) is 12.8 Å². The van der Waals surface area contributed by atoms with Gasteiger partial charge in [-0.3, -0.25) is 4.79 Å². The zero-order chi connectivity index (χ0) is 9.68. The number of carbonyl (C=O) groups excluding carboxylic acids is 1. The Hall–Kier alpha value is -1.33. The van der Waals surface area contributed by atoms with E-state index in [1.165, 1.54) is 0 Å². The van der Waals surface area contributed by atoms with Crippen LogP contribution in [0.2, 0.25) is 0 Å². The molecule has 0 atom stereocenters. The third-order valence-corrected chi connectivity index (χ3v) is 1.94. The molecule has 1 aromatic rings. The molecule has 0 unspecified atom stereocenters. The molecule has 0 aromatic heterocycles. The van der Waals surface area contributed by atoms with E-state index in [9.17, 15) is 4.79 Å². The molecule has 66 valence electrons. The Morgan fingerprint density at radius 1 is 1.46 bits per heavy atom. The topological polar surface area (TPSA) is 40.9 Å². The Morgan fingerprint density at radius 3 is 2.77 bits per heavy atom. The molecule has 0 N–H and O–H groups in total. The van der Waals surface area contributed by atoms with Crippen LogP contribution in [0.3, 0.4) is 0 Å². The van der Waals surface area contributed by atoms with E-state index in [2.05, 4.69) is 0 Å². The summed E-state index contributed by atoms with van der Waals surface area (Å²) < 4.78 is 0. The number of benzene rings is 1. The van der Waals surface area contributed by atoms with Crippen molar-refractivity contribution in [1.29, 1.82) is 5.26 Å². The van der Waals surface area contributed by atoms with Gasteiger partial charge in [0, 0.05) is 12.0 Å². The third kappa shape index (κ3) is 2.57. The zero-order valence-corrected chi connectivity index (χ0v) is 7.71. The van der Waals surface area contributed by atoms with Crippen LogP contribution < -0.4 is 0 Å². The molecule has 0 aliphatic carbocycles. The summed E-state index contributed by atoms with van der Waals surface area (Å²) in [6, 6.07) is 9.09. The second-order valence-electron chi connectivity index (χ2n) is 2.59. The van der Waals surface area contributed by atoms with E-state index in [0.29, 0.717) is 18.4 Å². The molecule has 0 aliphatic heterocycles. The van der Waals surface area contributed by atoms with Crippen LogP contribution in [0.15, 0.2) is 24.3 Å². The van der Waals surface area contributed by atoms with Crippen LogP contribution in [0.25, 0.3) is 0 Å². The molecule has 0 radical (unpaired) electrons. The van der Waals surface area contributed by atoms with Gasteiger partial charge in [-0.15, -0.1) is 0 Å². The summed E-state index contributed by atoms with van der Waals surface area (Å²) in [6.07, 6.45) is 0.978. The Kier molecular flexibility index (Phi) is 3.48. The van der Waals surface area contributed by atoms with Crippen LogP contribution in [0.1, 0.15) is 22.3 Å². The van der Waals surface area contributed by atoms with Gasteiger partial charge >= 0.3 is 0 Å². The van der Waals surface area contributed by atoms with Crippen LogP contribution in [-0.2, 0) is 6.42 Å². The van der Waals surface area contributed by atoms with Gasteiger partial charge in [0.15, 0.2) is 0 Å². The molecule has 0 bridgehead atoms. The highest BCUT2D eigenvalue weighted by atomic mass is 35.5. The highest BCUT2D eigenvalue weighted by Gasteiger charge is 2.06. The van der Waals surface area contributed by atoms with E-state index in [-0.39, 0.29) is 0 Å². The maximum Gasteiger partial charge on any atom is 0.252 e. The summed E-state index contributed by atoms with van der Waals surface area (Å²) in [5, 5.41) is 7.92. The van der Waals surface area contributed by atoms with Gasteiger partial charge in [0.1, 0.15) is 0 Å². The molecule has 1 rings (SSSR count). The van der Waals surface area contributed by atoms with Gasteiger partial charge in [-0.2, -0.15) is 5.26 Å². The maximum absolute atomic E-state index is 10.9. The molecular formula is C10H8ClNO. The van der Waals surface area contributed by atoms with E-state index in [1.807, 2.05) is 18.2 Å². The molecule has 3 heteroatoms. The van der Waals surface area contributed by atoms with Gasteiger partial charge in [-0.05, 0) is 29.7 Å². The molecule has 0 spiro atoms. The summed E-state index contributed by atoms with van der Waals surface area (Å²) in [7, 11) is 0. The second-order valence-corrected chi connectivity index (χ2v) is 2.93. The molecule has 0 saturated carbocycles. The summed E-state index contributed by atoms with van der Waals surface area (Å²) in [6.45, 7) is 0. The van der Waals surface area contributed by atoms with Gasteiger partial charge in [0.2, 0.25) is 0 Å². The minimum atomic E-state index is -0.464. The Bertz CT molecular complexity index is 354. The first-order chi connectivity index (χ1) is 6.25. The number of carbonyl (C=O) groups is 1. The highest BCUT2D eigenvalue weighted by Crippen LogP contribution is 2.13. The SMILES string of the molecule is N#CCCc1ccccc1C(=O)Cl. The van der Waals surface area contributed by atoms with Crippen LogP contribution in [0.5, 0.6) is 0 Å². The van der Waals surface area contributed by atoms with Crippen LogP contribution in [0, 0.1) is 11.3 Å². The van der Waals surface area contributed by atoms with E-state index >= 15 is 0 Å². The average Bonchev–Trinajstić information content (AvgIpc) is 2.15. The van der Waals surface area contributed by atoms with E-state index in [0.717, 1.165) is 5.56 Å². The van der Waals surface area contributed by atoms with Crippen molar-refractivity contribution in [3.63, 3.8) is 0 Å². The van der Waals surface area contributed by atoms with Gasteiger partial charge in [-0.25, -0.2) is 0 Å². The van der Waals surface area contributed by atoms with Crippen molar-refractivity contribution < 1.29 is 4.79 Å². The maximum atomic E-state index is 10.9. The van der Waals surface area contributed by atoms with Crippen LogP contribution >= 0.6 is 11.6 Å². The fraction of sp³-hybridized carbons (Fsp3) is 0.200. The fourth-order valence-electron chi connectivity index (χ4n) is 1.12. The lowest BCUT2D eigenvalue weighted by atomic mass is 10.0. The van der Waals surface area contributed by atoms with E-state index in [1.54, 1.807) is 12.1 Å². The quantitative estimate of drug-likeness (QED) is 0.693. The minimum absolute atomic E-state index is 0.404. The van der Waals surface area contributed by atoms with Gasteiger partial charge in [0.05, 0.1) is 6.07 Å². The summed E-state index contributed by atoms with van der Waals surface area (Å²) in [5.74, 6) is 0. The number of hydrogen-bond acceptors (Lipinski definition) is 2. The van der Waals surface area contributed by atoms with Crippen molar-refractivity contribution >= 4 is 16.8 Å². The van der Waals surface area contributed by atoms with E-state index < -0.39 is 5.24 Å². The zero-order valence-electron chi connectivity index (χ0n) is 6.96. The minimum Gasteiger partial charge on any atom is -0.276 e. The van der Waals surface area contributed by atoms with Crippen molar-refractivity contribution in [3.05, 3.63) is 35.4 Å². The molecular weight excluding hydrogens is 186 g/mol. The first-order valence-corrected chi connectivity index (χ1v) is 4.28. The van der Waals surface area contributed by atoms with Crippen LogP contribution in [0.4, 0.5) is 0 Å². The van der Waals surface area contributed by atoms with Crippen molar-refractivity contribution in [3.8, 4) is 6.07 Å². The largest absolute Gasteiger partial charge is 0.276 e. The lowest BCUT2D eigenvalue weighted by Gasteiger charge is -2.01. The second kappa shape index (κ2) is 4.64. The van der Waals surface area contributed by atoms with Gasteiger partial charge in [-0.1, -0.05) is 18.2 Å². The molecule has 0 saturated heterocycles. The molecule has 0 amide bonds. The molecule has 0 heterocycles. The predicted octanol–water partition coefficient (Wildman–Crippen LogP) is 2.52. The van der Waals surface area contributed by atoms with Gasteiger partial charge < -0.3 is 0 Å². The third-order valence-electron chi connectivity index (χ3n) is 1.74. The molecule has 0 fully saturated rings. The summed E-state index contributed by atoms with van der Waals surface area (Å²) in [5.41, 5.74) is 1.34. The number of nitriles is 1. The van der Waals surface area contributed by atoms with Crippen molar-refractivity contribution in [2.75, 3.05) is 0 Å². The highest BCUT2D eigenvalue weighted by molar-refractivity contribution is 6.67. The number of hydrogen-bond donors (Lipinski definition) is 0. The number of rotatable bonds is 3. The molecule has 0 aliphatic rings. The molecule has 1 aromatic carbocycles. The number of halogens is 1. The first-order valence-electron chi connectivity index (χ1n) is 3.90. The van der Waals surface area contributed by atoms with E-state index in [4.69, 9.17) is 16.9 Å². The summed E-state index contributed by atoms with van der Waals surface area (Å²) >= 11 is 5.37. The van der Waals surface area contributed by atoms with Crippen LogP contribution in [-0.4, -0.2) is 5.24 Å². The Morgan fingerprint density at radius 2 is 2.15 bits per heavy atom. The first kappa shape index (κ1) is 9.76. The lowest BCUT2D eigenvalue weighted by Crippen LogP contribution is -1.96. The number of aryl methyl sites for hydroxylation is 1. The number of nitrogens with zero attached hydrogens (tertiary/aromatic N) is 1. The predicted molar refractivity (Wildman–Crippen MR) is 50.6 cm³/mol. The molecule has 13 heavy (non-hydrogen) atoms. The van der Waals surface area contributed by atoms with Gasteiger partial charge in [0.25, 0.3) is 5.24 Å². The summed E-state index contributed by atoms with van der Waals surface area (Å²) in [4.78, 5) is 10.9. The monoisotopic (exact) mass is 193 g/mol. The Balaban J connectivity index is 2.92. The average molecular weight is 194 g/mol. The normalized spacial score (nSPS) is 9.23. The standard InChI is InChI=1S/C10H8ClNO/c11-10(13)9-6-2-1-4-8(9)5-3-7-12/h1-2,4,6H,3,5H2. The smallest absolute Gasteiger partial charge is 0.252 e. The lowest BCUT2D eigenvalue weighted by molar-refractivity contribution is 0.108. The van der Waals surface area contributed by atoms with Crippen molar-refractivity contribution in [1.82, 2.24) is 0 Å². The molecule has 2 nitrogen and oxygen atoms in total. The van der Waals surface area contributed by atoms with Crippen molar-refractivity contribution in [2.24, 2.45) is 0 Å². The Labute approximate surface area is 81.7 Å².